The molecular formula is C18H30N2. The summed E-state index contributed by atoms with van der Waals surface area (Å²) >= 11 is 0. The molecule has 20 heavy (non-hydrogen) atoms. The number of hydrogen-bond acceptors (Lipinski definition) is 2. The van der Waals surface area contributed by atoms with Crippen molar-refractivity contribution in [2.24, 2.45) is 0 Å². The molecule has 1 aromatic rings. The first kappa shape index (κ1) is 15.5. The molecule has 0 aliphatic carbocycles. The van der Waals surface area contributed by atoms with E-state index in [-0.39, 0.29) is 0 Å². The summed E-state index contributed by atoms with van der Waals surface area (Å²) in [5, 5.41) is 3.50. The maximum Gasteiger partial charge on any atom is 0.0236 e. The fraction of sp³-hybridized carbons (Fsp3) is 0.667. The van der Waals surface area contributed by atoms with Crippen molar-refractivity contribution in [3.63, 3.8) is 0 Å². The Morgan fingerprint density at radius 2 is 2.00 bits per heavy atom. The minimum atomic E-state index is 0.546. The van der Waals surface area contributed by atoms with Gasteiger partial charge in [0, 0.05) is 25.2 Å². The van der Waals surface area contributed by atoms with E-state index in [9.17, 15) is 0 Å². The summed E-state index contributed by atoms with van der Waals surface area (Å²) in [6.07, 6.45) is 5.52. The fourth-order valence-corrected chi connectivity index (χ4v) is 2.96. The first-order chi connectivity index (χ1) is 9.65. The van der Waals surface area contributed by atoms with Crippen molar-refractivity contribution < 1.29 is 0 Å². The molecule has 0 amide bonds. The zero-order chi connectivity index (χ0) is 14.4. The summed E-state index contributed by atoms with van der Waals surface area (Å²) < 4.78 is 0. The van der Waals surface area contributed by atoms with Gasteiger partial charge in [-0.25, -0.2) is 0 Å². The summed E-state index contributed by atoms with van der Waals surface area (Å²) in [7, 11) is 0. The normalized spacial score (nSPS) is 21.1. The third kappa shape index (κ3) is 4.92. The molecule has 1 saturated heterocycles. The van der Waals surface area contributed by atoms with Crippen LogP contribution in [0.25, 0.3) is 0 Å². The van der Waals surface area contributed by atoms with Crippen molar-refractivity contribution in [2.45, 2.75) is 71.6 Å². The number of benzene rings is 1. The van der Waals surface area contributed by atoms with Gasteiger partial charge in [-0.2, -0.15) is 0 Å². The molecule has 112 valence electrons. The largest absolute Gasteiger partial charge is 0.310 e. The highest BCUT2D eigenvalue weighted by molar-refractivity contribution is 5.23. The fourth-order valence-electron chi connectivity index (χ4n) is 2.96. The van der Waals surface area contributed by atoms with Gasteiger partial charge in [0.25, 0.3) is 0 Å². The van der Waals surface area contributed by atoms with Gasteiger partial charge in [0.05, 0.1) is 0 Å². The van der Waals surface area contributed by atoms with E-state index in [4.69, 9.17) is 0 Å². The number of hydrogen-bond donors (Lipinski definition) is 1. The molecule has 1 aliphatic rings. The molecule has 0 radical (unpaired) electrons. The van der Waals surface area contributed by atoms with E-state index in [1.807, 2.05) is 0 Å². The average Bonchev–Trinajstić information content (AvgIpc) is 2.62. The summed E-state index contributed by atoms with van der Waals surface area (Å²) in [4.78, 5) is 2.65. The van der Waals surface area contributed by atoms with Crippen molar-refractivity contribution >= 4 is 0 Å². The van der Waals surface area contributed by atoms with Gasteiger partial charge in [-0.05, 0) is 37.4 Å². The zero-order valence-electron chi connectivity index (χ0n) is 13.4. The Morgan fingerprint density at radius 3 is 2.80 bits per heavy atom. The van der Waals surface area contributed by atoms with E-state index in [1.54, 1.807) is 0 Å². The number of nitrogens with zero attached hydrogens (tertiary/aromatic N) is 1. The number of likely N-dealkylation sites (tertiary alicyclic amines) is 1. The highest BCUT2D eigenvalue weighted by atomic mass is 15.1. The van der Waals surface area contributed by atoms with Crippen LogP contribution in [0.4, 0.5) is 0 Å². The zero-order valence-corrected chi connectivity index (χ0v) is 13.4. The number of nitrogens with one attached hydrogen (secondary N) is 1. The Hall–Kier alpha value is -0.860. The maximum atomic E-state index is 3.50. The molecule has 1 fully saturated rings. The smallest absolute Gasteiger partial charge is 0.0236 e. The molecule has 2 heteroatoms. The monoisotopic (exact) mass is 274 g/mol. The highest BCUT2D eigenvalue weighted by Gasteiger charge is 2.16. The van der Waals surface area contributed by atoms with Gasteiger partial charge >= 0.3 is 0 Å². The van der Waals surface area contributed by atoms with E-state index < -0.39 is 0 Å². The molecule has 0 spiro atoms. The average molecular weight is 274 g/mol. The molecule has 1 aromatic carbocycles. The first-order valence-electron chi connectivity index (χ1n) is 8.20. The molecule has 1 N–H and O–H groups in total. The summed E-state index contributed by atoms with van der Waals surface area (Å²) in [5.41, 5.74) is 2.86. The van der Waals surface area contributed by atoms with E-state index >= 15 is 0 Å². The second kappa shape index (κ2) is 7.80. The lowest BCUT2D eigenvalue weighted by atomic mass is 10.1. The third-order valence-electron chi connectivity index (χ3n) is 4.28. The van der Waals surface area contributed by atoms with Gasteiger partial charge in [0.2, 0.25) is 0 Å². The van der Waals surface area contributed by atoms with Crippen molar-refractivity contribution in [1.29, 1.82) is 0 Å². The molecule has 2 rings (SSSR count). The van der Waals surface area contributed by atoms with E-state index in [0.717, 1.165) is 19.1 Å². The quantitative estimate of drug-likeness (QED) is 0.874. The molecular weight excluding hydrogens is 244 g/mol. The second-order valence-corrected chi connectivity index (χ2v) is 6.52. The molecule has 1 aliphatic heterocycles. The summed E-state index contributed by atoms with van der Waals surface area (Å²) in [6.45, 7) is 10.1. The van der Waals surface area contributed by atoms with Crippen molar-refractivity contribution in [3.05, 3.63) is 35.4 Å². The van der Waals surface area contributed by atoms with Gasteiger partial charge in [-0.3, -0.25) is 4.90 Å². The predicted molar refractivity (Wildman–Crippen MR) is 86.8 cm³/mol. The van der Waals surface area contributed by atoms with Crippen LogP contribution in [0.1, 0.15) is 57.6 Å². The summed E-state index contributed by atoms with van der Waals surface area (Å²) in [5.74, 6) is 0. The molecule has 2 nitrogen and oxygen atoms in total. The van der Waals surface area contributed by atoms with Crippen LogP contribution in [-0.2, 0) is 13.1 Å². The standard InChI is InChI=1S/C18H30N2/c1-15(2)19-13-17-9-7-10-18(12-17)14-20-11-6-4-5-8-16(20)3/h7,9-10,12,15-16,19H,4-6,8,11,13-14H2,1-3H3. The Labute approximate surface area is 124 Å². The van der Waals surface area contributed by atoms with Gasteiger partial charge in [-0.15, -0.1) is 0 Å². The molecule has 0 aromatic heterocycles. The van der Waals surface area contributed by atoms with Gasteiger partial charge in [-0.1, -0.05) is 51.0 Å². The molecule has 1 atom stereocenters. The van der Waals surface area contributed by atoms with Gasteiger partial charge in [0.15, 0.2) is 0 Å². The predicted octanol–water partition coefficient (Wildman–Crippen LogP) is 3.95. The van der Waals surface area contributed by atoms with Crippen LogP contribution >= 0.6 is 0 Å². The van der Waals surface area contributed by atoms with Gasteiger partial charge < -0.3 is 5.32 Å². The number of rotatable bonds is 5. The van der Waals surface area contributed by atoms with Crippen molar-refractivity contribution in [2.75, 3.05) is 6.54 Å². The lowest BCUT2D eigenvalue weighted by Crippen LogP contribution is -2.32. The van der Waals surface area contributed by atoms with E-state index in [1.165, 1.54) is 43.4 Å². The first-order valence-corrected chi connectivity index (χ1v) is 8.20. The topological polar surface area (TPSA) is 15.3 Å². The molecule has 1 heterocycles. The Balaban J connectivity index is 1.95. The maximum absolute atomic E-state index is 3.50. The minimum Gasteiger partial charge on any atom is -0.310 e. The molecule has 0 bridgehead atoms. The van der Waals surface area contributed by atoms with E-state index in [2.05, 4.69) is 55.3 Å². The van der Waals surface area contributed by atoms with Crippen LogP contribution in [0.15, 0.2) is 24.3 Å². The summed E-state index contributed by atoms with van der Waals surface area (Å²) in [6, 6.07) is 10.3. The highest BCUT2D eigenvalue weighted by Crippen LogP contribution is 2.19. The molecule has 1 unspecified atom stereocenters. The van der Waals surface area contributed by atoms with Crippen LogP contribution in [-0.4, -0.2) is 23.5 Å². The lowest BCUT2D eigenvalue weighted by molar-refractivity contribution is 0.205. The van der Waals surface area contributed by atoms with Crippen molar-refractivity contribution in [1.82, 2.24) is 10.2 Å². The second-order valence-electron chi connectivity index (χ2n) is 6.52. The Bertz CT molecular complexity index is 400. The molecule has 0 saturated carbocycles. The van der Waals surface area contributed by atoms with Crippen LogP contribution < -0.4 is 5.32 Å². The third-order valence-corrected chi connectivity index (χ3v) is 4.28. The lowest BCUT2D eigenvalue weighted by Gasteiger charge is -2.27. The van der Waals surface area contributed by atoms with Crippen LogP contribution in [0.2, 0.25) is 0 Å². The van der Waals surface area contributed by atoms with E-state index in [0.29, 0.717) is 6.04 Å². The van der Waals surface area contributed by atoms with Crippen molar-refractivity contribution in [3.8, 4) is 0 Å². The SMILES string of the molecule is CC(C)NCc1cccc(CN2CCCCCC2C)c1. The van der Waals surface area contributed by atoms with Crippen LogP contribution in [0.5, 0.6) is 0 Å². The minimum absolute atomic E-state index is 0.546. The Kier molecular flexibility index (Phi) is 6.06. The Morgan fingerprint density at radius 1 is 1.20 bits per heavy atom. The van der Waals surface area contributed by atoms with Gasteiger partial charge in [0.1, 0.15) is 0 Å². The van der Waals surface area contributed by atoms with Crippen LogP contribution in [0.3, 0.4) is 0 Å². The van der Waals surface area contributed by atoms with Crippen LogP contribution in [0, 0.1) is 0 Å².